The molecule has 1 N–H and O–H groups in total. The number of ether oxygens (including phenoxy) is 3. The minimum atomic E-state index is -4.94. The highest BCUT2D eigenvalue weighted by molar-refractivity contribution is 6.00. The third kappa shape index (κ3) is 10.0. The van der Waals surface area contributed by atoms with Gasteiger partial charge in [-0.25, -0.2) is 4.79 Å². The summed E-state index contributed by atoms with van der Waals surface area (Å²) < 4.78 is 124. The fraction of sp³-hybridized carbons (Fsp3) is 0.389. The van der Waals surface area contributed by atoms with E-state index < -0.39 is 61.4 Å². The number of nitrogens with one attached hydrogen (secondary N) is 1. The number of amides is 2. The second-order valence-electron chi connectivity index (χ2n) is 6.39. The van der Waals surface area contributed by atoms with Gasteiger partial charge in [-0.15, -0.1) is 13.2 Å². The number of aromatic nitrogens is 2. The van der Waals surface area contributed by atoms with Crippen molar-refractivity contribution in [3.8, 4) is 17.5 Å². The number of hydrogen-bond acceptors (Lipinski definition) is 6. The molecule has 0 atom stereocenters. The second-order valence-corrected chi connectivity index (χ2v) is 6.39. The van der Waals surface area contributed by atoms with Gasteiger partial charge in [-0.2, -0.15) is 36.3 Å². The van der Waals surface area contributed by atoms with E-state index in [0.717, 1.165) is 29.2 Å². The first-order chi connectivity index (χ1) is 16.0. The maximum Gasteiger partial charge on any atom is 0.573 e. The van der Waals surface area contributed by atoms with E-state index in [1.165, 1.54) is 6.92 Å². The van der Waals surface area contributed by atoms with E-state index in [0.29, 0.717) is 6.07 Å². The molecule has 0 aliphatic carbocycles. The molecule has 0 unspecified atom stereocenters. The third-order valence-corrected chi connectivity index (χ3v) is 3.61. The smallest absolute Gasteiger partial charge is 0.468 e. The van der Waals surface area contributed by atoms with E-state index in [-0.39, 0.29) is 12.2 Å². The first kappa shape index (κ1) is 27.6. The zero-order chi connectivity index (χ0) is 26.4. The Morgan fingerprint density at radius 1 is 0.886 bits per heavy atom. The van der Waals surface area contributed by atoms with Crippen molar-refractivity contribution in [2.45, 2.75) is 25.6 Å². The molecule has 2 rings (SSSR count). The van der Waals surface area contributed by atoms with Gasteiger partial charge in [-0.3, -0.25) is 10.2 Å². The average molecular weight is 522 g/mol. The van der Waals surface area contributed by atoms with Gasteiger partial charge < -0.3 is 14.2 Å². The number of halogens is 9. The molecule has 2 aromatic rings. The molecule has 0 bridgehead atoms. The minimum Gasteiger partial charge on any atom is -0.468 e. The van der Waals surface area contributed by atoms with Gasteiger partial charge in [0, 0.05) is 12.2 Å². The van der Waals surface area contributed by atoms with Gasteiger partial charge in [0.1, 0.15) is 5.75 Å². The molecule has 0 radical (unpaired) electrons. The summed E-state index contributed by atoms with van der Waals surface area (Å²) in [5.74, 6) is -3.02. The molecular weight excluding hydrogens is 507 g/mol. The SMILES string of the molecule is CCN(C(=O)Nc1nc(OCC(F)(F)F)cc(OCC(F)(F)F)n1)c1ccc(OC(F)(F)F)cc1. The predicted molar refractivity (Wildman–Crippen MR) is 100 cm³/mol. The summed E-state index contributed by atoms with van der Waals surface area (Å²) in [4.78, 5) is 20.5. The van der Waals surface area contributed by atoms with Crippen molar-refractivity contribution >= 4 is 17.7 Å². The van der Waals surface area contributed by atoms with Crippen LogP contribution in [0, 0.1) is 0 Å². The van der Waals surface area contributed by atoms with Crippen molar-refractivity contribution < 1.29 is 58.5 Å². The summed E-state index contributed by atoms with van der Waals surface area (Å²) >= 11 is 0. The second kappa shape index (κ2) is 10.7. The molecular formula is C18H15F9N4O4. The van der Waals surface area contributed by atoms with Crippen molar-refractivity contribution in [1.82, 2.24) is 9.97 Å². The summed E-state index contributed by atoms with van der Waals surface area (Å²) in [5, 5.41) is 2.05. The molecule has 1 aromatic heterocycles. The summed E-state index contributed by atoms with van der Waals surface area (Å²) in [6.07, 6.45) is -14.5. The van der Waals surface area contributed by atoms with Gasteiger partial charge in [-0.1, -0.05) is 0 Å². The molecule has 35 heavy (non-hydrogen) atoms. The standard InChI is InChI=1S/C18H15F9N4O4/c1-2-31(10-3-5-11(6-4-10)35-18(25,26)27)15(32)30-14-28-12(33-8-16(19,20)21)7-13(29-14)34-9-17(22,23)24/h3-7H,2,8-9H2,1H3,(H,28,29,30,32). The molecule has 0 fully saturated rings. The topological polar surface area (TPSA) is 85.8 Å². The number of anilines is 2. The van der Waals surface area contributed by atoms with Crippen LogP contribution in [0.25, 0.3) is 0 Å². The summed E-state index contributed by atoms with van der Waals surface area (Å²) in [6, 6.07) is 3.59. The van der Waals surface area contributed by atoms with E-state index >= 15 is 0 Å². The molecule has 1 aromatic carbocycles. The first-order valence-corrected chi connectivity index (χ1v) is 9.27. The fourth-order valence-corrected chi connectivity index (χ4v) is 2.35. The zero-order valence-corrected chi connectivity index (χ0v) is 17.4. The number of rotatable bonds is 8. The van der Waals surface area contributed by atoms with Gasteiger partial charge in [0.15, 0.2) is 13.2 Å². The van der Waals surface area contributed by atoms with Crippen molar-refractivity contribution in [3.05, 3.63) is 30.3 Å². The number of alkyl halides is 9. The van der Waals surface area contributed by atoms with Crippen LogP contribution in [0.1, 0.15) is 6.92 Å². The summed E-state index contributed by atoms with van der Waals surface area (Å²) in [5.41, 5.74) is 0.0672. The number of hydrogen-bond donors (Lipinski definition) is 1. The number of carbonyl (C=O) groups is 1. The van der Waals surface area contributed by atoms with Crippen LogP contribution >= 0.6 is 0 Å². The van der Waals surface area contributed by atoms with Crippen LogP contribution in [-0.2, 0) is 0 Å². The Bertz CT molecular complexity index is 959. The van der Waals surface area contributed by atoms with Crippen LogP contribution in [0.2, 0.25) is 0 Å². The molecule has 0 spiro atoms. The van der Waals surface area contributed by atoms with Crippen LogP contribution in [0.5, 0.6) is 17.5 Å². The molecule has 0 aliphatic heterocycles. The lowest BCUT2D eigenvalue weighted by Gasteiger charge is -2.21. The zero-order valence-electron chi connectivity index (χ0n) is 17.4. The van der Waals surface area contributed by atoms with Gasteiger partial charge in [0.2, 0.25) is 17.7 Å². The molecule has 2 amide bonds. The van der Waals surface area contributed by atoms with E-state index in [1.54, 1.807) is 0 Å². The largest absolute Gasteiger partial charge is 0.573 e. The van der Waals surface area contributed by atoms with Crippen LogP contribution in [0.3, 0.4) is 0 Å². The van der Waals surface area contributed by atoms with Crippen LogP contribution < -0.4 is 24.4 Å². The Morgan fingerprint density at radius 3 is 1.77 bits per heavy atom. The van der Waals surface area contributed by atoms with E-state index in [1.807, 2.05) is 0 Å². The Morgan fingerprint density at radius 2 is 1.37 bits per heavy atom. The van der Waals surface area contributed by atoms with E-state index in [4.69, 9.17) is 0 Å². The normalized spacial score (nSPS) is 12.2. The van der Waals surface area contributed by atoms with Crippen LogP contribution in [0.4, 0.5) is 55.9 Å². The van der Waals surface area contributed by atoms with Gasteiger partial charge in [0.05, 0.1) is 6.07 Å². The van der Waals surface area contributed by atoms with Gasteiger partial charge in [-0.05, 0) is 31.2 Å². The van der Waals surface area contributed by atoms with E-state index in [2.05, 4.69) is 29.5 Å². The maximum absolute atomic E-state index is 12.6. The number of benzene rings is 1. The van der Waals surface area contributed by atoms with Crippen molar-refractivity contribution in [2.75, 3.05) is 30.0 Å². The third-order valence-electron chi connectivity index (χ3n) is 3.61. The quantitative estimate of drug-likeness (QED) is 0.473. The van der Waals surface area contributed by atoms with Crippen LogP contribution in [-0.4, -0.2) is 54.5 Å². The monoisotopic (exact) mass is 522 g/mol. The molecule has 194 valence electrons. The molecule has 8 nitrogen and oxygen atoms in total. The highest BCUT2D eigenvalue weighted by Crippen LogP contribution is 2.27. The van der Waals surface area contributed by atoms with Crippen LogP contribution in [0.15, 0.2) is 30.3 Å². The average Bonchev–Trinajstić information content (AvgIpc) is 2.70. The number of carbonyl (C=O) groups excluding carboxylic acids is 1. The Kier molecular flexibility index (Phi) is 8.46. The van der Waals surface area contributed by atoms with Crippen molar-refractivity contribution in [3.63, 3.8) is 0 Å². The molecule has 0 aliphatic rings. The predicted octanol–water partition coefficient (Wildman–Crippen LogP) is 5.32. The highest BCUT2D eigenvalue weighted by atomic mass is 19.4. The van der Waals surface area contributed by atoms with Crippen molar-refractivity contribution in [2.24, 2.45) is 0 Å². The maximum atomic E-state index is 12.6. The van der Waals surface area contributed by atoms with Crippen molar-refractivity contribution in [1.29, 1.82) is 0 Å². The lowest BCUT2D eigenvalue weighted by atomic mass is 10.3. The Labute approximate surface area is 190 Å². The van der Waals surface area contributed by atoms with E-state index in [9.17, 15) is 44.3 Å². The number of urea groups is 1. The number of nitrogens with zero attached hydrogens (tertiary/aromatic N) is 3. The van der Waals surface area contributed by atoms with Gasteiger partial charge >= 0.3 is 24.7 Å². The first-order valence-electron chi connectivity index (χ1n) is 9.27. The molecule has 0 saturated heterocycles. The Balaban J connectivity index is 2.23. The fourth-order valence-electron chi connectivity index (χ4n) is 2.35. The molecule has 17 heteroatoms. The molecule has 1 heterocycles. The van der Waals surface area contributed by atoms with Gasteiger partial charge in [0.25, 0.3) is 0 Å². The highest BCUT2D eigenvalue weighted by Gasteiger charge is 2.32. The lowest BCUT2D eigenvalue weighted by Crippen LogP contribution is -2.35. The lowest BCUT2D eigenvalue weighted by molar-refractivity contribution is -0.274. The Hall–Kier alpha value is -3.66. The summed E-state index contributed by atoms with van der Waals surface area (Å²) in [6.45, 7) is -2.28. The summed E-state index contributed by atoms with van der Waals surface area (Å²) in [7, 11) is 0. The molecule has 0 saturated carbocycles. The minimum absolute atomic E-state index is 0.0625.